The monoisotopic (exact) mass is 259 g/mol. The highest BCUT2D eigenvalue weighted by Crippen LogP contribution is 2.26. The molecule has 2 N–H and O–H groups in total. The summed E-state index contributed by atoms with van der Waals surface area (Å²) in [4.78, 5) is 0. The van der Waals surface area contributed by atoms with Crippen LogP contribution in [0.3, 0.4) is 0 Å². The summed E-state index contributed by atoms with van der Waals surface area (Å²) in [6.07, 6.45) is 2.17. The van der Waals surface area contributed by atoms with Gasteiger partial charge in [0.2, 0.25) is 0 Å². The van der Waals surface area contributed by atoms with E-state index in [4.69, 9.17) is 23.2 Å². The van der Waals surface area contributed by atoms with E-state index in [2.05, 4.69) is 5.32 Å². The topological polar surface area (TPSA) is 32.3 Å². The molecule has 0 radical (unpaired) electrons. The lowest BCUT2D eigenvalue weighted by atomic mass is 9.86. The number of aliphatic hydroxyl groups is 1. The average Bonchev–Trinajstić information content (AvgIpc) is 2.15. The van der Waals surface area contributed by atoms with Crippen molar-refractivity contribution in [2.24, 2.45) is 0 Å². The average molecular weight is 260 g/mol. The Hall–Kier alpha value is -0.280. The van der Waals surface area contributed by atoms with Crippen LogP contribution in [0.15, 0.2) is 18.2 Å². The molecule has 1 heterocycles. The second-order valence-corrected chi connectivity index (χ2v) is 5.30. The van der Waals surface area contributed by atoms with Crippen LogP contribution < -0.4 is 5.32 Å². The van der Waals surface area contributed by atoms with Gasteiger partial charge in [-0.3, -0.25) is 0 Å². The summed E-state index contributed by atoms with van der Waals surface area (Å²) in [6.45, 7) is 1.73. The SMILES string of the molecule is OC1(Cc2cc(Cl)cc(Cl)c2)CCNCC1. The second kappa shape index (κ2) is 4.92. The second-order valence-electron chi connectivity index (χ2n) is 4.43. The quantitative estimate of drug-likeness (QED) is 0.856. The number of nitrogens with one attached hydrogen (secondary N) is 1. The minimum absolute atomic E-state index is 0.612. The number of benzene rings is 1. The minimum Gasteiger partial charge on any atom is -0.389 e. The van der Waals surface area contributed by atoms with E-state index in [-0.39, 0.29) is 0 Å². The minimum atomic E-state index is -0.612. The number of hydrogen-bond donors (Lipinski definition) is 2. The standard InChI is InChI=1S/C12H15Cl2NO/c13-10-5-9(6-11(14)7-10)8-12(16)1-3-15-4-2-12/h5-7,15-16H,1-4,8H2. The molecular formula is C12H15Cl2NO. The van der Waals surface area contributed by atoms with Crippen LogP contribution in [-0.4, -0.2) is 23.8 Å². The highest BCUT2D eigenvalue weighted by atomic mass is 35.5. The fourth-order valence-corrected chi connectivity index (χ4v) is 2.73. The normalized spacial score (nSPS) is 19.7. The van der Waals surface area contributed by atoms with E-state index in [0.29, 0.717) is 16.5 Å². The predicted molar refractivity (Wildman–Crippen MR) is 67.2 cm³/mol. The number of piperidine rings is 1. The van der Waals surface area contributed by atoms with Crippen molar-refractivity contribution in [3.05, 3.63) is 33.8 Å². The molecule has 0 atom stereocenters. The molecule has 4 heteroatoms. The van der Waals surface area contributed by atoms with Gasteiger partial charge in [-0.1, -0.05) is 23.2 Å². The third-order valence-corrected chi connectivity index (χ3v) is 3.43. The van der Waals surface area contributed by atoms with E-state index < -0.39 is 5.60 Å². The maximum Gasteiger partial charge on any atom is 0.0712 e. The summed E-state index contributed by atoms with van der Waals surface area (Å²) in [5, 5.41) is 14.9. The highest BCUT2D eigenvalue weighted by Gasteiger charge is 2.29. The molecule has 1 saturated heterocycles. The Balaban J connectivity index is 2.13. The summed E-state index contributed by atoms with van der Waals surface area (Å²) in [7, 11) is 0. The molecule has 0 aliphatic carbocycles. The molecule has 1 aromatic carbocycles. The van der Waals surface area contributed by atoms with Gasteiger partial charge in [0.05, 0.1) is 5.60 Å². The van der Waals surface area contributed by atoms with Crippen LogP contribution in [-0.2, 0) is 6.42 Å². The van der Waals surface area contributed by atoms with Crippen LogP contribution in [0.4, 0.5) is 0 Å². The summed E-state index contributed by atoms with van der Waals surface area (Å²) < 4.78 is 0. The van der Waals surface area contributed by atoms with Crippen LogP contribution >= 0.6 is 23.2 Å². The van der Waals surface area contributed by atoms with Crippen LogP contribution in [0, 0.1) is 0 Å². The van der Waals surface area contributed by atoms with Crippen molar-refractivity contribution >= 4 is 23.2 Å². The molecule has 1 fully saturated rings. The molecule has 0 bridgehead atoms. The van der Waals surface area contributed by atoms with Crippen molar-refractivity contribution in [3.63, 3.8) is 0 Å². The number of hydrogen-bond acceptors (Lipinski definition) is 2. The molecule has 2 nitrogen and oxygen atoms in total. The molecule has 0 spiro atoms. The Morgan fingerprint density at radius 2 is 1.69 bits per heavy atom. The Labute approximate surface area is 106 Å². The fourth-order valence-electron chi connectivity index (χ4n) is 2.16. The van der Waals surface area contributed by atoms with Gasteiger partial charge in [-0.25, -0.2) is 0 Å². The van der Waals surface area contributed by atoms with Crippen molar-refractivity contribution < 1.29 is 5.11 Å². The zero-order valence-corrected chi connectivity index (χ0v) is 10.5. The van der Waals surface area contributed by atoms with Gasteiger partial charge in [-0.2, -0.15) is 0 Å². The van der Waals surface area contributed by atoms with Crippen molar-refractivity contribution in [2.75, 3.05) is 13.1 Å². The van der Waals surface area contributed by atoms with Crippen molar-refractivity contribution in [1.29, 1.82) is 0 Å². The molecule has 0 aromatic heterocycles. The van der Waals surface area contributed by atoms with E-state index in [1.54, 1.807) is 6.07 Å². The molecule has 88 valence electrons. The molecule has 1 aliphatic rings. The molecule has 0 saturated carbocycles. The van der Waals surface area contributed by atoms with Gasteiger partial charge < -0.3 is 10.4 Å². The van der Waals surface area contributed by atoms with E-state index in [9.17, 15) is 5.11 Å². The van der Waals surface area contributed by atoms with E-state index in [0.717, 1.165) is 31.5 Å². The van der Waals surface area contributed by atoms with Crippen molar-refractivity contribution in [2.45, 2.75) is 24.9 Å². The lowest BCUT2D eigenvalue weighted by molar-refractivity contribution is 0.0109. The van der Waals surface area contributed by atoms with Crippen molar-refractivity contribution in [1.82, 2.24) is 5.32 Å². The first kappa shape index (κ1) is 12.2. The van der Waals surface area contributed by atoms with Gasteiger partial charge in [0.25, 0.3) is 0 Å². The predicted octanol–water partition coefficient (Wildman–Crippen LogP) is 2.65. The summed E-state index contributed by atoms with van der Waals surface area (Å²) in [5.41, 5.74) is 0.390. The first-order chi connectivity index (χ1) is 7.57. The van der Waals surface area contributed by atoms with E-state index >= 15 is 0 Å². The van der Waals surface area contributed by atoms with E-state index in [1.165, 1.54) is 0 Å². The van der Waals surface area contributed by atoms with Gasteiger partial charge >= 0.3 is 0 Å². The first-order valence-electron chi connectivity index (χ1n) is 5.45. The summed E-state index contributed by atoms with van der Waals surface area (Å²) in [5.74, 6) is 0. The van der Waals surface area contributed by atoms with Crippen LogP contribution in [0.1, 0.15) is 18.4 Å². The van der Waals surface area contributed by atoms with Gasteiger partial charge in [0, 0.05) is 16.5 Å². The Morgan fingerprint density at radius 3 is 2.25 bits per heavy atom. The molecule has 16 heavy (non-hydrogen) atoms. The molecule has 0 amide bonds. The molecule has 2 rings (SSSR count). The maximum absolute atomic E-state index is 10.4. The lowest BCUT2D eigenvalue weighted by Crippen LogP contribution is -2.43. The van der Waals surface area contributed by atoms with E-state index in [1.807, 2.05) is 12.1 Å². The van der Waals surface area contributed by atoms with Crippen LogP contribution in [0.5, 0.6) is 0 Å². The van der Waals surface area contributed by atoms with Gasteiger partial charge in [0.15, 0.2) is 0 Å². The third kappa shape index (κ3) is 3.11. The number of rotatable bonds is 2. The van der Waals surface area contributed by atoms with Gasteiger partial charge in [-0.05, 0) is 49.7 Å². The summed E-state index contributed by atoms with van der Waals surface area (Å²) >= 11 is 11.9. The fraction of sp³-hybridized carbons (Fsp3) is 0.500. The smallest absolute Gasteiger partial charge is 0.0712 e. The lowest BCUT2D eigenvalue weighted by Gasteiger charge is -2.32. The van der Waals surface area contributed by atoms with Crippen LogP contribution in [0.2, 0.25) is 10.0 Å². The Morgan fingerprint density at radius 1 is 1.12 bits per heavy atom. The first-order valence-corrected chi connectivity index (χ1v) is 6.21. The molecule has 1 aromatic rings. The maximum atomic E-state index is 10.4. The van der Waals surface area contributed by atoms with Gasteiger partial charge in [-0.15, -0.1) is 0 Å². The largest absolute Gasteiger partial charge is 0.389 e. The Bertz CT molecular complexity index is 355. The van der Waals surface area contributed by atoms with Gasteiger partial charge in [0.1, 0.15) is 0 Å². The van der Waals surface area contributed by atoms with Crippen molar-refractivity contribution in [3.8, 4) is 0 Å². The third-order valence-electron chi connectivity index (χ3n) is 2.99. The Kier molecular flexibility index (Phi) is 3.75. The molecular weight excluding hydrogens is 245 g/mol. The van der Waals surface area contributed by atoms with Crippen LogP contribution in [0.25, 0.3) is 0 Å². The zero-order valence-electron chi connectivity index (χ0n) is 8.97. The molecule has 1 aliphatic heterocycles. The zero-order chi connectivity index (χ0) is 11.6. The summed E-state index contributed by atoms with van der Waals surface area (Å²) in [6, 6.07) is 5.44. The highest BCUT2D eigenvalue weighted by molar-refractivity contribution is 6.34. The molecule has 0 unspecified atom stereocenters. The number of halogens is 2.